The Labute approximate surface area is 128 Å². The van der Waals surface area contributed by atoms with Gasteiger partial charge in [-0.25, -0.2) is 4.79 Å². The van der Waals surface area contributed by atoms with E-state index < -0.39 is 5.60 Å². The van der Waals surface area contributed by atoms with Crippen molar-refractivity contribution in [1.29, 1.82) is 0 Å². The molecule has 118 valence electrons. The molecule has 1 amide bonds. The molecular weight excluding hydrogens is 264 g/mol. The van der Waals surface area contributed by atoms with Crippen LogP contribution in [0.1, 0.15) is 45.2 Å². The van der Waals surface area contributed by atoms with Gasteiger partial charge in [-0.1, -0.05) is 36.8 Å². The molecule has 1 unspecified atom stereocenters. The van der Waals surface area contributed by atoms with E-state index in [1.165, 1.54) is 11.1 Å². The Morgan fingerprint density at radius 1 is 1.33 bits per heavy atom. The summed E-state index contributed by atoms with van der Waals surface area (Å²) in [4.78, 5) is 11.6. The number of hydrogen-bond donors (Lipinski definition) is 2. The van der Waals surface area contributed by atoms with Crippen LogP contribution in [0.5, 0.6) is 0 Å². The lowest BCUT2D eigenvalue weighted by Gasteiger charge is -2.22. The van der Waals surface area contributed by atoms with Crippen molar-refractivity contribution < 1.29 is 9.53 Å². The lowest BCUT2D eigenvalue weighted by atomic mass is 10.1. The van der Waals surface area contributed by atoms with E-state index in [2.05, 4.69) is 48.7 Å². The van der Waals surface area contributed by atoms with E-state index in [-0.39, 0.29) is 12.1 Å². The van der Waals surface area contributed by atoms with E-state index >= 15 is 0 Å². The second-order valence-electron chi connectivity index (χ2n) is 6.36. The van der Waals surface area contributed by atoms with Crippen LogP contribution in [0.15, 0.2) is 24.3 Å². The second-order valence-corrected chi connectivity index (χ2v) is 6.36. The highest BCUT2D eigenvalue weighted by Gasteiger charge is 2.16. The van der Waals surface area contributed by atoms with E-state index in [1.807, 2.05) is 20.8 Å². The van der Waals surface area contributed by atoms with Gasteiger partial charge < -0.3 is 15.4 Å². The fourth-order valence-corrected chi connectivity index (χ4v) is 1.97. The van der Waals surface area contributed by atoms with Crippen LogP contribution in [0.4, 0.5) is 4.79 Å². The number of ether oxygens (including phenoxy) is 1. The molecule has 1 aromatic rings. The van der Waals surface area contributed by atoms with Crippen molar-refractivity contribution in [3.8, 4) is 0 Å². The second kappa shape index (κ2) is 8.03. The molecule has 0 saturated heterocycles. The van der Waals surface area contributed by atoms with Gasteiger partial charge in [0.05, 0.1) is 0 Å². The molecule has 0 aliphatic heterocycles. The van der Waals surface area contributed by atoms with E-state index in [0.29, 0.717) is 6.54 Å². The number of alkyl carbamates (subject to hydrolysis) is 1. The fraction of sp³-hybridized carbons (Fsp3) is 0.588. The summed E-state index contributed by atoms with van der Waals surface area (Å²) in [5, 5.41) is 6.28. The molecule has 0 saturated carbocycles. The van der Waals surface area contributed by atoms with Gasteiger partial charge in [-0.05, 0) is 39.7 Å². The maximum atomic E-state index is 11.6. The molecule has 0 bridgehead atoms. The molecule has 0 heterocycles. The fourth-order valence-electron chi connectivity index (χ4n) is 1.97. The zero-order valence-electron chi connectivity index (χ0n) is 13.8. The number of hydrogen-bond acceptors (Lipinski definition) is 3. The zero-order chi connectivity index (χ0) is 15.9. The van der Waals surface area contributed by atoms with Crippen LogP contribution in [-0.2, 0) is 11.3 Å². The summed E-state index contributed by atoms with van der Waals surface area (Å²) in [7, 11) is 0. The van der Waals surface area contributed by atoms with Crippen molar-refractivity contribution in [2.45, 2.75) is 59.2 Å². The van der Waals surface area contributed by atoms with Crippen molar-refractivity contribution >= 4 is 6.09 Å². The SMILES string of the molecule is CCC(CNC(=O)OC(C)(C)C)NCc1cccc(C)c1. The molecule has 2 N–H and O–H groups in total. The van der Waals surface area contributed by atoms with Gasteiger partial charge in [-0.3, -0.25) is 0 Å². The Balaban J connectivity index is 2.36. The Morgan fingerprint density at radius 2 is 2.05 bits per heavy atom. The summed E-state index contributed by atoms with van der Waals surface area (Å²) in [6.07, 6.45) is 0.583. The summed E-state index contributed by atoms with van der Waals surface area (Å²) in [6.45, 7) is 11.1. The lowest BCUT2D eigenvalue weighted by Crippen LogP contribution is -2.42. The third-order valence-electron chi connectivity index (χ3n) is 3.06. The van der Waals surface area contributed by atoms with Crippen molar-refractivity contribution in [2.24, 2.45) is 0 Å². The van der Waals surface area contributed by atoms with E-state index in [0.717, 1.165) is 13.0 Å². The lowest BCUT2D eigenvalue weighted by molar-refractivity contribution is 0.0522. The highest BCUT2D eigenvalue weighted by Crippen LogP contribution is 2.07. The van der Waals surface area contributed by atoms with Crippen LogP contribution >= 0.6 is 0 Å². The van der Waals surface area contributed by atoms with Crippen LogP contribution in [0, 0.1) is 6.92 Å². The predicted octanol–water partition coefficient (Wildman–Crippen LogP) is 3.39. The maximum absolute atomic E-state index is 11.6. The monoisotopic (exact) mass is 292 g/mol. The summed E-state index contributed by atoms with van der Waals surface area (Å²) in [5.74, 6) is 0. The number of amides is 1. The average Bonchev–Trinajstić information content (AvgIpc) is 2.37. The molecule has 1 aromatic carbocycles. The van der Waals surface area contributed by atoms with E-state index in [1.54, 1.807) is 0 Å². The maximum Gasteiger partial charge on any atom is 0.407 e. The summed E-state index contributed by atoms with van der Waals surface area (Å²) in [6, 6.07) is 8.66. The van der Waals surface area contributed by atoms with Gasteiger partial charge in [0.25, 0.3) is 0 Å². The Bertz CT molecular complexity index is 452. The van der Waals surface area contributed by atoms with Gasteiger partial charge in [0, 0.05) is 19.1 Å². The van der Waals surface area contributed by atoms with Crippen LogP contribution in [0.25, 0.3) is 0 Å². The van der Waals surface area contributed by atoms with Gasteiger partial charge in [0.15, 0.2) is 0 Å². The third kappa shape index (κ3) is 7.71. The number of rotatable bonds is 6. The average molecular weight is 292 g/mol. The van der Waals surface area contributed by atoms with Crippen molar-refractivity contribution in [3.63, 3.8) is 0 Å². The molecule has 0 spiro atoms. The first-order valence-corrected chi connectivity index (χ1v) is 7.56. The minimum absolute atomic E-state index is 0.234. The largest absolute Gasteiger partial charge is 0.444 e. The molecule has 0 aromatic heterocycles. The van der Waals surface area contributed by atoms with Gasteiger partial charge in [-0.2, -0.15) is 0 Å². The summed E-state index contributed by atoms with van der Waals surface area (Å²) in [5.41, 5.74) is 2.06. The molecule has 0 aliphatic rings. The number of nitrogens with one attached hydrogen (secondary N) is 2. The quantitative estimate of drug-likeness (QED) is 0.845. The number of carbonyl (C=O) groups excluding carboxylic acids is 1. The standard InChI is InChI=1S/C17H28N2O2/c1-6-15(12-19-16(20)21-17(3,4)5)18-11-14-9-7-8-13(2)10-14/h7-10,15,18H,6,11-12H2,1-5H3,(H,19,20). The Morgan fingerprint density at radius 3 is 2.62 bits per heavy atom. The van der Waals surface area contributed by atoms with Crippen molar-refractivity contribution in [3.05, 3.63) is 35.4 Å². The van der Waals surface area contributed by atoms with Crippen LogP contribution in [0.2, 0.25) is 0 Å². The van der Waals surface area contributed by atoms with Crippen LogP contribution in [0.3, 0.4) is 0 Å². The first-order chi connectivity index (χ1) is 9.80. The topological polar surface area (TPSA) is 50.4 Å². The number of benzene rings is 1. The Hall–Kier alpha value is -1.55. The van der Waals surface area contributed by atoms with Crippen LogP contribution in [-0.4, -0.2) is 24.3 Å². The number of aryl methyl sites for hydroxylation is 1. The smallest absolute Gasteiger partial charge is 0.407 e. The molecule has 1 atom stereocenters. The Kier molecular flexibility index (Phi) is 6.69. The highest BCUT2D eigenvalue weighted by atomic mass is 16.6. The molecule has 1 rings (SSSR count). The highest BCUT2D eigenvalue weighted by molar-refractivity contribution is 5.67. The molecule has 0 radical (unpaired) electrons. The summed E-state index contributed by atoms with van der Waals surface area (Å²) >= 11 is 0. The normalized spacial score (nSPS) is 12.8. The van der Waals surface area contributed by atoms with E-state index in [9.17, 15) is 4.79 Å². The minimum atomic E-state index is -0.458. The first kappa shape index (κ1) is 17.5. The van der Waals surface area contributed by atoms with Gasteiger partial charge in [-0.15, -0.1) is 0 Å². The van der Waals surface area contributed by atoms with Gasteiger partial charge in [0.1, 0.15) is 5.60 Å². The van der Waals surface area contributed by atoms with Crippen molar-refractivity contribution in [1.82, 2.24) is 10.6 Å². The third-order valence-corrected chi connectivity index (χ3v) is 3.06. The minimum Gasteiger partial charge on any atom is -0.444 e. The van der Waals surface area contributed by atoms with Gasteiger partial charge >= 0.3 is 6.09 Å². The van der Waals surface area contributed by atoms with Gasteiger partial charge in [0.2, 0.25) is 0 Å². The van der Waals surface area contributed by atoms with Crippen molar-refractivity contribution in [2.75, 3.05) is 6.54 Å². The molecule has 21 heavy (non-hydrogen) atoms. The molecule has 4 heteroatoms. The van der Waals surface area contributed by atoms with Crippen LogP contribution < -0.4 is 10.6 Å². The molecule has 0 fully saturated rings. The van der Waals surface area contributed by atoms with E-state index in [4.69, 9.17) is 4.74 Å². The summed E-state index contributed by atoms with van der Waals surface area (Å²) < 4.78 is 5.23. The number of carbonyl (C=O) groups is 1. The molecular formula is C17H28N2O2. The zero-order valence-corrected chi connectivity index (χ0v) is 13.8. The molecule has 0 aliphatic carbocycles. The molecule has 4 nitrogen and oxygen atoms in total. The predicted molar refractivity (Wildman–Crippen MR) is 86.3 cm³/mol. The first-order valence-electron chi connectivity index (χ1n) is 7.56.